The van der Waals surface area contributed by atoms with Crippen LogP contribution in [-0.2, 0) is 4.74 Å². The van der Waals surface area contributed by atoms with Crippen LogP contribution in [0.5, 0.6) is 5.75 Å². The fourth-order valence-electron chi connectivity index (χ4n) is 2.82. The van der Waals surface area contributed by atoms with Gasteiger partial charge in [-0.25, -0.2) is 0 Å². The number of nitrogens with one attached hydrogen (secondary N) is 1. The highest BCUT2D eigenvalue weighted by molar-refractivity contribution is 5.61. The largest absolute Gasteiger partial charge is 0.496 e. The molecule has 1 saturated heterocycles. The lowest BCUT2D eigenvalue weighted by molar-refractivity contribution is 0.152. The first-order chi connectivity index (χ1) is 9.77. The van der Waals surface area contributed by atoms with Gasteiger partial charge in [0.2, 0.25) is 0 Å². The maximum Gasteiger partial charge on any atom is 0.125 e. The Balaban J connectivity index is 2.34. The summed E-state index contributed by atoms with van der Waals surface area (Å²) in [6, 6.07) is 6.58. The van der Waals surface area contributed by atoms with Gasteiger partial charge in [-0.1, -0.05) is 13.0 Å². The number of rotatable bonds is 5. The van der Waals surface area contributed by atoms with Gasteiger partial charge in [0.25, 0.3) is 0 Å². The van der Waals surface area contributed by atoms with Crippen LogP contribution in [0.25, 0.3) is 0 Å². The number of nitrogens with zero attached hydrogens (tertiary/aromatic N) is 1. The topological polar surface area (TPSA) is 33.7 Å². The predicted molar refractivity (Wildman–Crippen MR) is 82.7 cm³/mol. The number of hydrogen-bond acceptors (Lipinski definition) is 4. The van der Waals surface area contributed by atoms with Crippen molar-refractivity contribution in [3.05, 3.63) is 23.8 Å². The van der Waals surface area contributed by atoms with Crippen molar-refractivity contribution in [2.75, 3.05) is 44.9 Å². The Kier molecular flexibility index (Phi) is 5.68. The van der Waals surface area contributed by atoms with E-state index in [9.17, 15) is 0 Å². The number of ether oxygens (including phenoxy) is 2. The van der Waals surface area contributed by atoms with Crippen LogP contribution in [0.4, 0.5) is 5.69 Å². The minimum Gasteiger partial charge on any atom is -0.496 e. The van der Waals surface area contributed by atoms with E-state index in [0.717, 1.165) is 45.0 Å². The molecule has 1 unspecified atom stereocenters. The van der Waals surface area contributed by atoms with E-state index in [0.29, 0.717) is 0 Å². The normalized spacial score (nSPS) is 17.6. The Hall–Kier alpha value is -1.26. The molecule has 1 fully saturated rings. The summed E-state index contributed by atoms with van der Waals surface area (Å²) in [5.41, 5.74) is 2.52. The van der Waals surface area contributed by atoms with Gasteiger partial charge in [0.15, 0.2) is 0 Å². The zero-order valence-electron chi connectivity index (χ0n) is 12.8. The molecule has 1 atom stereocenters. The third-order valence-corrected chi connectivity index (χ3v) is 3.77. The molecule has 0 bridgehead atoms. The van der Waals surface area contributed by atoms with Crippen LogP contribution < -0.4 is 15.0 Å². The van der Waals surface area contributed by atoms with Gasteiger partial charge in [0.1, 0.15) is 5.75 Å². The zero-order valence-corrected chi connectivity index (χ0v) is 12.8. The zero-order chi connectivity index (χ0) is 14.4. The van der Waals surface area contributed by atoms with Crippen molar-refractivity contribution in [2.45, 2.75) is 26.3 Å². The number of methoxy groups -OCH3 is 1. The van der Waals surface area contributed by atoms with E-state index in [2.05, 4.69) is 36.2 Å². The molecule has 4 heteroatoms. The number of hydrogen-bond donors (Lipinski definition) is 1. The van der Waals surface area contributed by atoms with Crippen LogP contribution in [0.2, 0.25) is 0 Å². The molecule has 0 aliphatic carbocycles. The molecular weight excluding hydrogens is 252 g/mol. The van der Waals surface area contributed by atoms with E-state index in [1.54, 1.807) is 7.11 Å². The molecule has 0 saturated carbocycles. The molecule has 1 aromatic rings. The van der Waals surface area contributed by atoms with E-state index in [1.807, 2.05) is 6.07 Å². The Bertz CT molecular complexity index is 415. The van der Waals surface area contributed by atoms with E-state index in [-0.39, 0.29) is 6.04 Å². The fourth-order valence-corrected chi connectivity index (χ4v) is 2.82. The minimum atomic E-state index is 0.273. The van der Waals surface area contributed by atoms with E-state index in [1.165, 1.54) is 11.3 Å². The van der Waals surface area contributed by atoms with E-state index < -0.39 is 0 Å². The molecule has 0 radical (unpaired) electrons. The quantitative estimate of drug-likeness (QED) is 0.897. The van der Waals surface area contributed by atoms with Crippen LogP contribution >= 0.6 is 0 Å². The summed E-state index contributed by atoms with van der Waals surface area (Å²) in [5, 5.41) is 3.49. The van der Waals surface area contributed by atoms with Crippen molar-refractivity contribution in [3.63, 3.8) is 0 Å². The molecule has 0 spiro atoms. The Labute approximate surface area is 122 Å². The lowest BCUT2D eigenvalue weighted by Crippen LogP contribution is -2.29. The first-order valence-electron chi connectivity index (χ1n) is 7.51. The van der Waals surface area contributed by atoms with Crippen molar-refractivity contribution in [2.24, 2.45) is 0 Å². The van der Waals surface area contributed by atoms with Gasteiger partial charge >= 0.3 is 0 Å². The molecule has 1 aromatic carbocycles. The maximum absolute atomic E-state index is 5.58. The van der Waals surface area contributed by atoms with Gasteiger partial charge < -0.3 is 19.7 Å². The highest BCUT2D eigenvalue weighted by Crippen LogP contribution is 2.35. The molecule has 1 heterocycles. The van der Waals surface area contributed by atoms with Crippen LogP contribution in [-0.4, -0.2) is 40.0 Å². The summed E-state index contributed by atoms with van der Waals surface area (Å²) >= 11 is 0. The first kappa shape index (κ1) is 15.1. The second-order valence-corrected chi connectivity index (χ2v) is 5.13. The van der Waals surface area contributed by atoms with E-state index in [4.69, 9.17) is 9.47 Å². The van der Waals surface area contributed by atoms with Gasteiger partial charge in [-0.2, -0.15) is 0 Å². The van der Waals surface area contributed by atoms with Crippen LogP contribution in [0, 0.1) is 0 Å². The molecule has 2 rings (SSSR count). The summed E-state index contributed by atoms with van der Waals surface area (Å²) in [7, 11) is 1.74. The fraction of sp³-hybridized carbons (Fsp3) is 0.625. The second-order valence-electron chi connectivity index (χ2n) is 5.13. The summed E-state index contributed by atoms with van der Waals surface area (Å²) in [6.45, 7) is 8.91. The van der Waals surface area contributed by atoms with Gasteiger partial charge in [-0.15, -0.1) is 0 Å². The standard InChI is InChI=1S/C16H26N2O2/c1-4-17-13(2)16-14(7-5-8-15(16)19-3)18-9-6-11-20-12-10-18/h5,7-8,13,17H,4,6,9-12H2,1-3H3. The molecule has 1 aliphatic heterocycles. The van der Waals surface area contributed by atoms with Gasteiger partial charge in [-0.3, -0.25) is 0 Å². The van der Waals surface area contributed by atoms with Crippen molar-refractivity contribution >= 4 is 5.69 Å². The lowest BCUT2D eigenvalue weighted by atomic mass is 10.0. The van der Waals surface area contributed by atoms with Gasteiger partial charge in [0.05, 0.1) is 13.7 Å². The summed E-state index contributed by atoms with van der Waals surface area (Å²) in [4.78, 5) is 2.42. The minimum absolute atomic E-state index is 0.273. The van der Waals surface area contributed by atoms with Gasteiger partial charge in [-0.05, 0) is 32.0 Å². The van der Waals surface area contributed by atoms with Crippen LogP contribution in [0.1, 0.15) is 31.9 Å². The molecule has 1 aliphatic rings. The number of benzene rings is 1. The molecule has 0 aromatic heterocycles. The summed E-state index contributed by atoms with van der Waals surface area (Å²) < 4.78 is 11.1. The Morgan fingerprint density at radius 1 is 1.35 bits per heavy atom. The Morgan fingerprint density at radius 3 is 2.95 bits per heavy atom. The first-order valence-corrected chi connectivity index (χ1v) is 7.51. The van der Waals surface area contributed by atoms with Crippen molar-refractivity contribution in [3.8, 4) is 5.75 Å². The summed E-state index contributed by atoms with van der Waals surface area (Å²) in [6.07, 6.45) is 1.08. The van der Waals surface area contributed by atoms with Crippen LogP contribution in [0.3, 0.4) is 0 Å². The highest BCUT2D eigenvalue weighted by atomic mass is 16.5. The third kappa shape index (κ3) is 3.44. The average molecular weight is 278 g/mol. The molecule has 0 amide bonds. The maximum atomic E-state index is 5.58. The molecule has 112 valence electrons. The molecular formula is C16H26N2O2. The predicted octanol–water partition coefficient (Wildman–Crippen LogP) is 2.59. The van der Waals surface area contributed by atoms with Crippen molar-refractivity contribution in [1.29, 1.82) is 0 Å². The monoisotopic (exact) mass is 278 g/mol. The molecule has 4 nitrogen and oxygen atoms in total. The molecule has 1 N–H and O–H groups in total. The number of anilines is 1. The SMILES string of the molecule is CCNC(C)c1c(OC)cccc1N1CCCOCC1. The van der Waals surface area contributed by atoms with Gasteiger partial charge in [0, 0.05) is 37.0 Å². The average Bonchev–Trinajstić information content (AvgIpc) is 2.75. The van der Waals surface area contributed by atoms with Crippen molar-refractivity contribution in [1.82, 2.24) is 5.32 Å². The molecule has 20 heavy (non-hydrogen) atoms. The second kappa shape index (κ2) is 7.50. The highest BCUT2D eigenvalue weighted by Gasteiger charge is 2.20. The lowest BCUT2D eigenvalue weighted by Gasteiger charge is -2.28. The third-order valence-electron chi connectivity index (χ3n) is 3.77. The smallest absolute Gasteiger partial charge is 0.125 e. The van der Waals surface area contributed by atoms with Crippen LogP contribution in [0.15, 0.2) is 18.2 Å². The van der Waals surface area contributed by atoms with E-state index >= 15 is 0 Å². The summed E-state index contributed by atoms with van der Waals surface area (Å²) in [5.74, 6) is 0.959. The van der Waals surface area contributed by atoms with Crippen molar-refractivity contribution < 1.29 is 9.47 Å². The Morgan fingerprint density at radius 2 is 2.20 bits per heavy atom.